The van der Waals surface area contributed by atoms with Crippen molar-refractivity contribution >= 4 is 59.8 Å². The number of nitrogen functional groups attached to an aromatic ring is 1. The number of hydrogen-bond acceptors (Lipinski definition) is 6. The number of pyridine rings is 1. The minimum absolute atomic E-state index is 0.245. The third-order valence-corrected chi connectivity index (χ3v) is 5.99. The van der Waals surface area contributed by atoms with E-state index < -0.39 is 0 Å². The lowest BCUT2D eigenvalue weighted by atomic mass is 10.1. The monoisotopic (exact) mass is 368 g/mol. The average Bonchev–Trinajstić information content (AvgIpc) is 3.15. The second-order valence-electron chi connectivity index (χ2n) is 6.03. The van der Waals surface area contributed by atoms with Crippen LogP contribution in [0.3, 0.4) is 0 Å². The number of para-hydroxylation sites is 1. The molecule has 126 valence electrons. The predicted molar refractivity (Wildman–Crippen MR) is 106 cm³/mol. The van der Waals surface area contributed by atoms with Crippen molar-refractivity contribution < 1.29 is 4.79 Å². The zero-order chi connectivity index (χ0) is 17.6. The normalized spacial score (nSPS) is 11.5. The standard InChI is InChI=1S/C18H16N4OS2/c1-9(2)11-8-7-10-14(19)15(25-17(10)20-11)16(23)22-18-21-12-5-3-4-6-13(12)24-18/h3-9H,19H2,1-2H3,(H,21,22,23). The summed E-state index contributed by atoms with van der Waals surface area (Å²) in [5, 5.41) is 4.25. The molecule has 4 rings (SSSR count). The summed E-state index contributed by atoms with van der Waals surface area (Å²) >= 11 is 2.76. The highest BCUT2D eigenvalue weighted by atomic mass is 32.1. The molecule has 7 heteroatoms. The molecule has 0 unspecified atom stereocenters. The van der Waals surface area contributed by atoms with Crippen LogP contribution in [0.4, 0.5) is 10.8 Å². The Morgan fingerprint density at radius 2 is 1.92 bits per heavy atom. The lowest BCUT2D eigenvalue weighted by Crippen LogP contribution is -2.11. The van der Waals surface area contributed by atoms with Crippen LogP contribution in [0.5, 0.6) is 0 Å². The second kappa shape index (κ2) is 6.09. The Kier molecular flexibility index (Phi) is 3.89. The van der Waals surface area contributed by atoms with Gasteiger partial charge >= 0.3 is 0 Å². The molecule has 0 aliphatic carbocycles. The number of amides is 1. The number of nitrogens with zero attached hydrogens (tertiary/aromatic N) is 2. The first kappa shape index (κ1) is 16.0. The summed E-state index contributed by atoms with van der Waals surface area (Å²) in [5.74, 6) is 0.0819. The van der Waals surface area contributed by atoms with Crippen molar-refractivity contribution in [2.75, 3.05) is 11.1 Å². The number of nitrogens with one attached hydrogen (secondary N) is 1. The molecule has 1 aromatic carbocycles. The quantitative estimate of drug-likeness (QED) is 0.541. The second-order valence-corrected chi connectivity index (χ2v) is 8.06. The maximum Gasteiger partial charge on any atom is 0.269 e. The van der Waals surface area contributed by atoms with E-state index in [0.29, 0.717) is 21.6 Å². The van der Waals surface area contributed by atoms with Gasteiger partial charge in [0.2, 0.25) is 0 Å². The highest BCUT2D eigenvalue weighted by molar-refractivity contribution is 7.23. The van der Waals surface area contributed by atoms with E-state index in [2.05, 4.69) is 29.1 Å². The number of thiazole rings is 1. The van der Waals surface area contributed by atoms with Crippen LogP contribution in [0.25, 0.3) is 20.4 Å². The van der Waals surface area contributed by atoms with Gasteiger partial charge in [0.1, 0.15) is 9.71 Å². The van der Waals surface area contributed by atoms with Crippen LogP contribution in [0, 0.1) is 0 Å². The smallest absolute Gasteiger partial charge is 0.269 e. The number of nitrogens with two attached hydrogens (primary N) is 1. The van der Waals surface area contributed by atoms with Gasteiger partial charge in [-0.15, -0.1) is 11.3 Å². The highest BCUT2D eigenvalue weighted by Gasteiger charge is 2.19. The lowest BCUT2D eigenvalue weighted by Gasteiger charge is -2.03. The zero-order valence-corrected chi connectivity index (χ0v) is 15.4. The Labute approximate surface area is 152 Å². The fraction of sp³-hybridized carbons (Fsp3) is 0.167. The van der Waals surface area contributed by atoms with E-state index in [1.54, 1.807) is 0 Å². The lowest BCUT2D eigenvalue weighted by molar-refractivity contribution is 0.103. The number of carbonyl (C=O) groups is 1. The molecular formula is C18H16N4OS2. The number of aromatic nitrogens is 2. The molecule has 5 nitrogen and oxygen atoms in total. The minimum atomic E-state index is -0.245. The van der Waals surface area contributed by atoms with Gasteiger partial charge in [0, 0.05) is 11.1 Å². The van der Waals surface area contributed by atoms with Crippen molar-refractivity contribution in [2.24, 2.45) is 0 Å². The van der Waals surface area contributed by atoms with Gasteiger partial charge in [0.25, 0.3) is 5.91 Å². The molecule has 0 atom stereocenters. The number of thiophene rings is 1. The first-order valence-electron chi connectivity index (χ1n) is 7.89. The average molecular weight is 368 g/mol. The summed E-state index contributed by atoms with van der Waals surface area (Å²) < 4.78 is 1.03. The fourth-order valence-corrected chi connectivity index (χ4v) is 4.44. The molecule has 1 amide bonds. The van der Waals surface area contributed by atoms with Crippen LogP contribution in [-0.2, 0) is 0 Å². The highest BCUT2D eigenvalue weighted by Crippen LogP contribution is 2.34. The number of fused-ring (bicyclic) bond motifs is 2. The van der Waals surface area contributed by atoms with Crippen LogP contribution >= 0.6 is 22.7 Å². The van der Waals surface area contributed by atoms with E-state index in [9.17, 15) is 4.79 Å². The first-order valence-corrected chi connectivity index (χ1v) is 9.52. The number of rotatable bonds is 3. The van der Waals surface area contributed by atoms with Gasteiger partial charge in [0.05, 0.1) is 15.9 Å². The molecular weight excluding hydrogens is 352 g/mol. The molecule has 0 bridgehead atoms. The van der Waals surface area contributed by atoms with Gasteiger partial charge in [-0.1, -0.05) is 37.3 Å². The van der Waals surface area contributed by atoms with Crippen molar-refractivity contribution in [3.8, 4) is 0 Å². The van der Waals surface area contributed by atoms with Gasteiger partial charge in [0.15, 0.2) is 5.13 Å². The number of hydrogen-bond donors (Lipinski definition) is 2. The van der Waals surface area contributed by atoms with E-state index >= 15 is 0 Å². The molecule has 0 aliphatic heterocycles. The molecule has 3 heterocycles. The van der Waals surface area contributed by atoms with Crippen molar-refractivity contribution in [3.63, 3.8) is 0 Å². The largest absolute Gasteiger partial charge is 0.397 e. The Bertz CT molecular complexity index is 1060. The Morgan fingerprint density at radius 3 is 2.68 bits per heavy atom. The fourth-order valence-electron chi connectivity index (χ4n) is 2.58. The summed E-state index contributed by atoms with van der Waals surface area (Å²) in [4.78, 5) is 23.0. The molecule has 0 aliphatic rings. The van der Waals surface area contributed by atoms with Crippen molar-refractivity contribution in [3.05, 3.63) is 47.0 Å². The topological polar surface area (TPSA) is 80.9 Å². The van der Waals surface area contributed by atoms with Crippen molar-refractivity contribution in [1.29, 1.82) is 0 Å². The maximum absolute atomic E-state index is 12.7. The van der Waals surface area contributed by atoms with E-state index in [1.165, 1.54) is 22.7 Å². The van der Waals surface area contributed by atoms with Gasteiger partial charge in [-0.3, -0.25) is 10.1 Å². The molecule has 3 aromatic heterocycles. The van der Waals surface area contributed by atoms with Crippen LogP contribution in [0.15, 0.2) is 36.4 Å². The summed E-state index contributed by atoms with van der Waals surface area (Å²) in [6, 6.07) is 11.7. The third kappa shape index (κ3) is 2.85. The van der Waals surface area contributed by atoms with Crippen molar-refractivity contribution in [1.82, 2.24) is 9.97 Å². The summed E-state index contributed by atoms with van der Waals surface area (Å²) in [6.07, 6.45) is 0. The van der Waals surface area contributed by atoms with Gasteiger partial charge in [-0.25, -0.2) is 9.97 Å². The van der Waals surface area contributed by atoms with Crippen LogP contribution in [0.2, 0.25) is 0 Å². The van der Waals surface area contributed by atoms with E-state index in [0.717, 1.165) is 26.1 Å². The number of carbonyl (C=O) groups excluding carboxylic acids is 1. The summed E-state index contributed by atoms with van der Waals surface area (Å²) in [7, 11) is 0. The SMILES string of the molecule is CC(C)c1ccc2c(N)c(C(=O)Nc3nc4ccccc4s3)sc2n1. The molecule has 0 fully saturated rings. The number of benzene rings is 1. The number of anilines is 2. The molecule has 0 radical (unpaired) electrons. The predicted octanol–water partition coefficient (Wildman–Crippen LogP) is 4.86. The Balaban J connectivity index is 1.68. The van der Waals surface area contributed by atoms with E-state index in [-0.39, 0.29) is 5.91 Å². The Morgan fingerprint density at radius 1 is 1.12 bits per heavy atom. The minimum Gasteiger partial charge on any atom is -0.397 e. The van der Waals surface area contributed by atoms with Crippen molar-refractivity contribution in [2.45, 2.75) is 19.8 Å². The van der Waals surface area contributed by atoms with Crippen LogP contribution < -0.4 is 11.1 Å². The van der Waals surface area contributed by atoms with E-state index in [4.69, 9.17) is 5.73 Å². The third-order valence-electron chi connectivity index (χ3n) is 3.93. The van der Waals surface area contributed by atoms with E-state index in [1.807, 2.05) is 36.4 Å². The van der Waals surface area contributed by atoms with Crippen LogP contribution in [-0.4, -0.2) is 15.9 Å². The van der Waals surface area contributed by atoms with Gasteiger partial charge in [-0.05, 0) is 30.2 Å². The Hall–Kier alpha value is -2.51. The van der Waals surface area contributed by atoms with Crippen LogP contribution in [0.1, 0.15) is 35.1 Å². The molecule has 0 saturated heterocycles. The zero-order valence-electron chi connectivity index (χ0n) is 13.7. The first-order chi connectivity index (χ1) is 12.0. The summed E-state index contributed by atoms with van der Waals surface area (Å²) in [5.41, 5.74) is 8.52. The van der Waals surface area contributed by atoms with Gasteiger partial charge in [-0.2, -0.15) is 0 Å². The molecule has 3 N–H and O–H groups in total. The van der Waals surface area contributed by atoms with Gasteiger partial charge < -0.3 is 5.73 Å². The molecule has 0 spiro atoms. The molecule has 0 saturated carbocycles. The molecule has 4 aromatic rings. The summed E-state index contributed by atoms with van der Waals surface area (Å²) in [6.45, 7) is 4.18. The maximum atomic E-state index is 12.7. The molecule has 25 heavy (non-hydrogen) atoms.